The third-order valence-electron chi connectivity index (χ3n) is 4.89. The number of hydrogen-bond donors (Lipinski definition) is 2. The lowest BCUT2D eigenvalue weighted by Crippen LogP contribution is -2.46. The van der Waals surface area contributed by atoms with Gasteiger partial charge >= 0.3 is 6.18 Å². The molecule has 2 rings (SSSR count). The van der Waals surface area contributed by atoms with Crippen LogP contribution in [0.1, 0.15) is 38.5 Å². The summed E-state index contributed by atoms with van der Waals surface area (Å²) >= 11 is 0. The van der Waals surface area contributed by atoms with Crippen LogP contribution in [0.3, 0.4) is 0 Å². The van der Waals surface area contributed by atoms with Crippen LogP contribution in [-0.2, 0) is 9.47 Å². The summed E-state index contributed by atoms with van der Waals surface area (Å²) in [6.07, 6.45) is -0.696. The molecule has 1 aliphatic carbocycles. The number of alkyl halides is 3. The largest absolute Gasteiger partial charge is 0.391 e. The second kappa shape index (κ2) is 10.2. The molecule has 0 aromatic carbocycles. The summed E-state index contributed by atoms with van der Waals surface area (Å²) in [5.41, 5.74) is 0. The van der Waals surface area contributed by atoms with Crippen molar-refractivity contribution in [3.63, 3.8) is 0 Å². The molecule has 8 heteroatoms. The van der Waals surface area contributed by atoms with E-state index in [2.05, 4.69) is 15.6 Å². The van der Waals surface area contributed by atoms with Gasteiger partial charge < -0.3 is 20.1 Å². The Balaban J connectivity index is 1.53. The summed E-state index contributed by atoms with van der Waals surface area (Å²) in [5.74, 6) is 0.0248. The third-order valence-corrected chi connectivity index (χ3v) is 4.89. The van der Waals surface area contributed by atoms with Crippen molar-refractivity contribution in [2.45, 2.75) is 50.7 Å². The molecule has 5 nitrogen and oxygen atoms in total. The van der Waals surface area contributed by atoms with E-state index in [0.29, 0.717) is 31.3 Å². The Morgan fingerprint density at radius 3 is 2.56 bits per heavy atom. The maximum absolute atomic E-state index is 12.7. The minimum absolute atomic E-state index is 0.0587. The fraction of sp³-hybridized carbons (Fsp3) is 0.941. The zero-order valence-electron chi connectivity index (χ0n) is 14.9. The van der Waals surface area contributed by atoms with Crippen molar-refractivity contribution < 1.29 is 22.6 Å². The van der Waals surface area contributed by atoms with Crippen LogP contribution in [-0.4, -0.2) is 58.2 Å². The number of halogens is 3. The first-order valence-electron chi connectivity index (χ1n) is 9.18. The highest BCUT2D eigenvalue weighted by Gasteiger charge is 2.41. The Morgan fingerprint density at radius 1 is 1.20 bits per heavy atom. The van der Waals surface area contributed by atoms with E-state index >= 15 is 0 Å². The van der Waals surface area contributed by atoms with Crippen molar-refractivity contribution in [3.8, 4) is 0 Å². The van der Waals surface area contributed by atoms with Crippen molar-refractivity contribution in [2.24, 2.45) is 16.8 Å². The van der Waals surface area contributed by atoms with E-state index in [-0.39, 0.29) is 18.9 Å². The van der Waals surface area contributed by atoms with E-state index in [4.69, 9.17) is 9.47 Å². The average molecular weight is 365 g/mol. The fourth-order valence-corrected chi connectivity index (χ4v) is 3.30. The first-order chi connectivity index (χ1) is 12.0. The number of guanidine groups is 1. The van der Waals surface area contributed by atoms with Crippen LogP contribution >= 0.6 is 0 Å². The molecule has 0 aromatic heterocycles. The van der Waals surface area contributed by atoms with E-state index in [1.807, 2.05) is 0 Å². The smallest absolute Gasteiger partial charge is 0.381 e. The molecule has 146 valence electrons. The Hall–Kier alpha value is -1.02. The molecule has 1 aliphatic heterocycles. The molecule has 1 saturated carbocycles. The Labute approximate surface area is 147 Å². The van der Waals surface area contributed by atoms with Crippen LogP contribution in [0, 0.1) is 11.8 Å². The normalized spacial score (nSPS) is 28.2. The molecule has 0 bridgehead atoms. The molecular formula is C17H30F3N3O2. The van der Waals surface area contributed by atoms with Gasteiger partial charge in [0.2, 0.25) is 0 Å². The lowest BCUT2D eigenvalue weighted by atomic mass is 9.85. The number of nitrogens with one attached hydrogen (secondary N) is 2. The summed E-state index contributed by atoms with van der Waals surface area (Å²) in [4.78, 5) is 4.15. The molecule has 2 fully saturated rings. The number of rotatable bonds is 7. The Bertz CT molecular complexity index is 404. The van der Waals surface area contributed by atoms with Gasteiger partial charge in [0.15, 0.2) is 5.96 Å². The first kappa shape index (κ1) is 20.3. The molecule has 0 spiro atoms. The van der Waals surface area contributed by atoms with Gasteiger partial charge in [0.25, 0.3) is 0 Å². The van der Waals surface area contributed by atoms with E-state index in [0.717, 1.165) is 39.2 Å². The van der Waals surface area contributed by atoms with Crippen LogP contribution in [0.5, 0.6) is 0 Å². The predicted octanol–water partition coefficient (Wildman–Crippen LogP) is 2.72. The summed E-state index contributed by atoms with van der Waals surface area (Å²) in [5, 5.41) is 6.43. The highest BCUT2D eigenvalue weighted by Crippen LogP contribution is 2.37. The van der Waals surface area contributed by atoms with E-state index in [1.165, 1.54) is 0 Å². The molecule has 1 unspecified atom stereocenters. The zero-order valence-corrected chi connectivity index (χ0v) is 14.9. The SMILES string of the molecule is CN=C(NCCCOCC1CCOC1)NC1CCC(C(F)(F)F)CC1. The van der Waals surface area contributed by atoms with Crippen LogP contribution in [0.15, 0.2) is 4.99 Å². The van der Waals surface area contributed by atoms with Crippen molar-refractivity contribution in [1.82, 2.24) is 10.6 Å². The topological polar surface area (TPSA) is 54.9 Å². The van der Waals surface area contributed by atoms with Gasteiger partial charge in [0.1, 0.15) is 0 Å². The van der Waals surface area contributed by atoms with Crippen LogP contribution in [0.4, 0.5) is 13.2 Å². The Morgan fingerprint density at radius 2 is 1.96 bits per heavy atom. The predicted molar refractivity (Wildman–Crippen MR) is 90.7 cm³/mol. The second-order valence-corrected chi connectivity index (χ2v) is 6.89. The van der Waals surface area contributed by atoms with Crippen molar-refractivity contribution in [2.75, 3.05) is 40.0 Å². The maximum Gasteiger partial charge on any atom is 0.391 e. The van der Waals surface area contributed by atoms with Crippen LogP contribution in [0.2, 0.25) is 0 Å². The number of ether oxygens (including phenoxy) is 2. The highest BCUT2D eigenvalue weighted by molar-refractivity contribution is 5.79. The molecular weight excluding hydrogens is 335 g/mol. The Kier molecular flexibility index (Phi) is 8.29. The van der Waals surface area contributed by atoms with Gasteiger partial charge in [-0.3, -0.25) is 4.99 Å². The van der Waals surface area contributed by atoms with Gasteiger partial charge in [-0.15, -0.1) is 0 Å². The minimum atomic E-state index is -4.06. The third kappa shape index (κ3) is 7.40. The van der Waals surface area contributed by atoms with Crippen LogP contribution in [0.25, 0.3) is 0 Å². The first-order valence-corrected chi connectivity index (χ1v) is 9.18. The fourth-order valence-electron chi connectivity index (χ4n) is 3.30. The van der Waals surface area contributed by atoms with E-state index in [9.17, 15) is 13.2 Å². The van der Waals surface area contributed by atoms with Gasteiger partial charge in [0.05, 0.1) is 19.1 Å². The van der Waals surface area contributed by atoms with Gasteiger partial charge in [0, 0.05) is 38.8 Å². The van der Waals surface area contributed by atoms with Crippen molar-refractivity contribution in [3.05, 3.63) is 0 Å². The molecule has 2 aliphatic rings. The average Bonchev–Trinajstić information content (AvgIpc) is 3.10. The van der Waals surface area contributed by atoms with Crippen molar-refractivity contribution >= 4 is 5.96 Å². The molecule has 0 amide bonds. The minimum Gasteiger partial charge on any atom is -0.381 e. The quantitative estimate of drug-likeness (QED) is 0.414. The molecule has 2 N–H and O–H groups in total. The van der Waals surface area contributed by atoms with Gasteiger partial charge in [-0.1, -0.05) is 0 Å². The maximum atomic E-state index is 12.7. The standard InChI is InChI=1S/C17H30F3N3O2/c1-21-16(22-8-2-9-24-11-13-7-10-25-12-13)23-15-5-3-14(4-6-15)17(18,19)20/h13-15H,2-12H2,1H3,(H2,21,22,23). The second-order valence-electron chi connectivity index (χ2n) is 6.89. The molecule has 25 heavy (non-hydrogen) atoms. The number of aliphatic imine (C=N–C) groups is 1. The van der Waals surface area contributed by atoms with E-state index < -0.39 is 12.1 Å². The van der Waals surface area contributed by atoms with Crippen LogP contribution < -0.4 is 10.6 Å². The molecule has 1 heterocycles. The highest BCUT2D eigenvalue weighted by atomic mass is 19.4. The lowest BCUT2D eigenvalue weighted by molar-refractivity contribution is -0.182. The molecule has 0 radical (unpaired) electrons. The van der Waals surface area contributed by atoms with Gasteiger partial charge in [-0.25, -0.2) is 0 Å². The summed E-state index contributed by atoms with van der Waals surface area (Å²) in [7, 11) is 1.67. The zero-order chi connectivity index (χ0) is 18.1. The van der Waals surface area contributed by atoms with Gasteiger partial charge in [-0.2, -0.15) is 13.2 Å². The van der Waals surface area contributed by atoms with Gasteiger partial charge in [-0.05, 0) is 38.5 Å². The summed E-state index contributed by atoms with van der Waals surface area (Å²) in [6, 6.07) is 0.0587. The molecule has 1 saturated heterocycles. The summed E-state index contributed by atoms with van der Waals surface area (Å²) in [6.45, 7) is 3.78. The lowest BCUT2D eigenvalue weighted by Gasteiger charge is -2.31. The van der Waals surface area contributed by atoms with E-state index in [1.54, 1.807) is 7.05 Å². The molecule has 0 aromatic rings. The molecule has 1 atom stereocenters. The summed E-state index contributed by atoms with van der Waals surface area (Å²) < 4.78 is 49.0. The number of nitrogens with zero attached hydrogens (tertiary/aromatic N) is 1. The number of hydrogen-bond acceptors (Lipinski definition) is 3. The monoisotopic (exact) mass is 365 g/mol. The van der Waals surface area contributed by atoms with Crippen molar-refractivity contribution in [1.29, 1.82) is 0 Å².